The van der Waals surface area contributed by atoms with E-state index in [-0.39, 0.29) is 17.2 Å². The number of hydrogen-bond donors (Lipinski definition) is 2. The fourth-order valence-corrected chi connectivity index (χ4v) is 3.38. The van der Waals surface area contributed by atoms with Crippen molar-refractivity contribution in [2.45, 2.75) is 11.3 Å². The quantitative estimate of drug-likeness (QED) is 0.497. The molecule has 1 amide bonds. The van der Waals surface area contributed by atoms with Gasteiger partial charge in [0.2, 0.25) is 15.9 Å². The summed E-state index contributed by atoms with van der Waals surface area (Å²) < 4.78 is 28.1. The lowest BCUT2D eigenvalue weighted by Crippen LogP contribution is -2.19. The molecule has 0 aliphatic carbocycles. The lowest BCUT2D eigenvalue weighted by atomic mass is 10.2. The number of hydrogen-bond acceptors (Lipinski definition) is 6. The van der Waals surface area contributed by atoms with E-state index in [1.807, 2.05) is 17.5 Å². The molecule has 3 aromatic rings. The van der Waals surface area contributed by atoms with E-state index in [1.54, 1.807) is 24.3 Å². The first-order valence-corrected chi connectivity index (χ1v) is 9.92. The molecule has 0 saturated carbocycles. The normalized spacial score (nSPS) is 11.7. The fraction of sp³-hybridized carbons (Fsp3) is 0.0588. The Morgan fingerprint density at radius 2 is 1.96 bits per heavy atom. The molecule has 0 radical (unpaired) electrons. The Balaban J connectivity index is 1.61. The van der Waals surface area contributed by atoms with Gasteiger partial charge in [0, 0.05) is 10.4 Å². The van der Waals surface area contributed by atoms with Gasteiger partial charge in [-0.2, -0.15) is 5.10 Å². The zero-order valence-corrected chi connectivity index (χ0v) is 15.1. The number of thiophene rings is 1. The molecule has 1 aromatic carbocycles. The van der Waals surface area contributed by atoms with Crippen molar-refractivity contribution in [3.05, 3.63) is 64.5 Å². The van der Waals surface area contributed by atoms with Crippen molar-refractivity contribution in [1.82, 2.24) is 5.43 Å². The highest BCUT2D eigenvalue weighted by molar-refractivity contribution is 7.89. The second-order valence-corrected chi connectivity index (χ2v) is 7.91. The summed E-state index contributed by atoms with van der Waals surface area (Å²) in [6.07, 6.45) is 1.67. The second-order valence-electron chi connectivity index (χ2n) is 5.32. The van der Waals surface area contributed by atoms with Crippen LogP contribution < -0.4 is 10.6 Å². The number of sulfonamides is 1. The molecule has 0 fully saturated rings. The first-order chi connectivity index (χ1) is 12.4. The summed E-state index contributed by atoms with van der Waals surface area (Å²) in [5.41, 5.74) is 3.13. The van der Waals surface area contributed by atoms with Crippen molar-refractivity contribution in [1.29, 1.82) is 0 Å². The number of amides is 1. The summed E-state index contributed by atoms with van der Waals surface area (Å²) in [7, 11) is -3.73. The summed E-state index contributed by atoms with van der Waals surface area (Å²) in [6.45, 7) is 0. The minimum atomic E-state index is -3.73. The summed E-state index contributed by atoms with van der Waals surface area (Å²) in [5.74, 6) is 0.776. The van der Waals surface area contributed by atoms with Crippen molar-refractivity contribution in [2.24, 2.45) is 10.2 Å². The van der Waals surface area contributed by atoms with Crippen LogP contribution in [-0.4, -0.2) is 20.5 Å². The molecule has 0 atom stereocenters. The SMILES string of the molecule is NS(=O)(=O)c1ccc(-c2ccc(C=NNC(=O)Cc3cccs3)o2)cc1. The standard InChI is InChI=1S/C17H15N3O4S2/c18-26(22,23)15-6-3-12(4-7-15)16-8-5-13(24-16)11-19-20-17(21)10-14-2-1-9-25-14/h1-9,11H,10H2,(H,20,21)(H2,18,22,23). The van der Waals surface area contributed by atoms with Gasteiger partial charge in [-0.3, -0.25) is 4.79 Å². The maximum atomic E-state index is 11.7. The first-order valence-electron chi connectivity index (χ1n) is 7.49. The third-order valence-electron chi connectivity index (χ3n) is 3.39. The number of nitrogens with one attached hydrogen (secondary N) is 1. The van der Waals surface area contributed by atoms with Gasteiger partial charge < -0.3 is 4.42 Å². The van der Waals surface area contributed by atoms with Gasteiger partial charge in [-0.15, -0.1) is 11.3 Å². The number of furan rings is 1. The molecule has 0 unspecified atom stereocenters. The summed E-state index contributed by atoms with van der Waals surface area (Å²) in [4.78, 5) is 12.7. The Hall–Kier alpha value is -2.75. The van der Waals surface area contributed by atoms with E-state index in [9.17, 15) is 13.2 Å². The highest BCUT2D eigenvalue weighted by atomic mass is 32.2. The molecule has 7 nitrogen and oxygen atoms in total. The maximum Gasteiger partial charge on any atom is 0.245 e. The van der Waals surface area contributed by atoms with Gasteiger partial charge in [0.05, 0.1) is 17.5 Å². The summed E-state index contributed by atoms with van der Waals surface area (Å²) in [6, 6.07) is 13.2. The number of nitrogens with two attached hydrogens (primary N) is 1. The van der Waals surface area contributed by atoms with Crippen LogP contribution in [0.5, 0.6) is 0 Å². The Labute approximate surface area is 154 Å². The van der Waals surface area contributed by atoms with Crippen molar-refractivity contribution in [2.75, 3.05) is 0 Å². The van der Waals surface area contributed by atoms with Crippen molar-refractivity contribution in [3.63, 3.8) is 0 Å². The monoisotopic (exact) mass is 389 g/mol. The lowest BCUT2D eigenvalue weighted by Gasteiger charge is -2.00. The van der Waals surface area contributed by atoms with Gasteiger partial charge in [-0.1, -0.05) is 6.07 Å². The van der Waals surface area contributed by atoms with Crippen LogP contribution in [0.15, 0.2) is 68.3 Å². The van der Waals surface area contributed by atoms with E-state index in [1.165, 1.54) is 29.7 Å². The number of benzene rings is 1. The minimum absolute atomic E-state index is 0.0306. The first kappa shape index (κ1) is 18.1. The highest BCUT2D eigenvalue weighted by Crippen LogP contribution is 2.22. The molecule has 2 aromatic heterocycles. The molecule has 26 heavy (non-hydrogen) atoms. The van der Waals surface area contributed by atoms with Crippen LogP contribution in [0.1, 0.15) is 10.6 Å². The Kier molecular flexibility index (Phi) is 5.31. The van der Waals surface area contributed by atoms with E-state index in [0.717, 1.165) is 4.88 Å². The largest absolute Gasteiger partial charge is 0.455 e. The molecule has 3 N–H and O–H groups in total. The highest BCUT2D eigenvalue weighted by Gasteiger charge is 2.09. The van der Waals surface area contributed by atoms with Crippen molar-refractivity contribution in [3.8, 4) is 11.3 Å². The molecule has 0 aliphatic heterocycles. The fourth-order valence-electron chi connectivity index (χ4n) is 2.17. The van der Waals surface area contributed by atoms with E-state index in [2.05, 4.69) is 10.5 Å². The van der Waals surface area contributed by atoms with E-state index in [4.69, 9.17) is 9.56 Å². The van der Waals surface area contributed by atoms with Gasteiger partial charge in [-0.25, -0.2) is 19.0 Å². The van der Waals surface area contributed by atoms with Gasteiger partial charge in [0.15, 0.2) is 0 Å². The molecule has 0 aliphatic rings. The second kappa shape index (κ2) is 7.65. The Morgan fingerprint density at radius 1 is 1.19 bits per heavy atom. The van der Waals surface area contributed by atoms with E-state index >= 15 is 0 Å². The third kappa shape index (κ3) is 4.66. The van der Waals surface area contributed by atoms with E-state index < -0.39 is 10.0 Å². The van der Waals surface area contributed by atoms with Gasteiger partial charge >= 0.3 is 0 Å². The molecule has 9 heteroatoms. The van der Waals surface area contributed by atoms with Crippen LogP contribution in [0.25, 0.3) is 11.3 Å². The summed E-state index contributed by atoms with van der Waals surface area (Å²) >= 11 is 1.51. The van der Waals surface area contributed by atoms with Gasteiger partial charge in [0.1, 0.15) is 11.5 Å². The number of primary sulfonamides is 1. The van der Waals surface area contributed by atoms with Gasteiger partial charge in [-0.05, 0) is 47.8 Å². The van der Waals surface area contributed by atoms with Crippen LogP contribution in [0.2, 0.25) is 0 Å². The van der Waals surface area contributed by atoms with Gasteiger partial charge in [0.25, 0.3) is 0 Å². The molecule has 3 rings (SSSR count). The molecule has 0 spiro atoms. The van der Waals surface area contributed by atoms with Crippen molar-refractivity contribution >= 4 is 33.5 Å². The zero-order chi connectivity index (χ0) is 18.6. The Morgan fingerprint density at radius 3 is 2.62 bits per heavy atom. The summed E-state index contributed by atoms with van der Waals surface area (Å²) in [5, 5.41) is 10.8. The molecule has 0 saturated heterocycles. The third-order valence-corrected chi connectivity index (χ3v) is 5.20. The number of rotatable bonds is 6. The number of carbonyl (C=O) groups excluding carboxylic acids is 1. The average Bonchev–Trinajstić information content (AvgIpc) is 3.26. The predicted octanol–water partition coefficient (Wildman–Crippen LogP) is 2.35. The van der Waals surface area contributed by atoms with Crippen molar-refractivity contribution < 1.29 is 17.6 Å². The average molecular weight is 389 g/mol. The van der Waals surface area contributed by atoms with Crippen LogP contribution >= 0.6 is 11.3 Å². The number of hydrazone groups is 1. The topological polar surface area (TPSA) is 115 Å². The zero-order valence-electron chi connectivity index (χ0n) is 13.5. The molecular formula is C17H15N3O4S2. The molecule has 2 heterocycles. The van der Waals surface area contributed by atoms with Crippen LogP contribution in [0.3, 0.4) is 0 Å². The Bertz CT molecular complexity index is 1020. The number of carbonyl (C=O) groups is 1. The molecule has 0 bridgehead atoms. The van der Waals surface area contributed by atoms with Crippen LogP contribution in [-0.2, 0) is 21.2 Å². The predicted molar refractivity (Wildman–Crippen MR) is 99.3 cm³/mol. The van der Waals surface area contributed by atoms with Crippen LogP contribution in [0.4, 0.5) is 0 Å². The van der Waals surface area contributed by atoms with Crippen LogP contribution in [0, 0.1) is 0 Å². The number of nitrogens with zero attached hydrogens (tertiary/aromatic N) is 1. The molecular weight excluding hydrogens is 374 g/mol. The minimum Gasteiger partial charge on any atom is -0.455 e. The molecule has 134 valence electrons. The maximum absolute atomic E-state index is 11.7. The smallest absolute Gasteiger partial charge is 0.245 e. The van der Waals surface area contributed by atoms with E-state index in [0.29, 0.717) is 17.1 Å². The lowest BCUT2D eigenvalue weighted by molar-refractivity contribution is -0.120.